The van der Waals surface area contributed by atoms with Gasteiger partial charge >= 0.3 is 0 Å². The van der Waals surface area contributed by atoms with E-state index in [1.54, 1.807) is 11.8 Å². The van der Waals surface area contributed by atoms with Crippen molar-refractivity contribution >= 4 is 25.1 Å². The SMILES string of the molecule is CC1(C)COC(C)(C)N1C(=O)S[C@H]([C@@H]1CCCN1Cc1ccccc1)[Si](C)(C)C. The molecule has 4 nitrogen and oxygen atoms in total. The summed E-state index contributed by atoms with van der Waals surface area (Å²) in [6.07, 6.45) is 2.41. The highest BCUT2D eigenvalue weighted by atomic mass is 32.2. The number of likely N-dealkylation sites (tertiary alicyclic amines) is 1. The monoisotopic (exact) mass is 434 g/mol. The van der Waals surface area contributed by atoms with Gasteiger partial charge in [0.05, 0.1) is 20.2 Å². The van der Waals surface area contributed by atoms with Gasteiger partial charge in [-0.2, -0.15) is 0 Å². The molecule has 0 bridgehead atoms. The van der Waals surface area contributed by atoms with E-state index < -0.39 is 13.8 Å². The number of carbonyl (C=O) groups is 1. The number of hydrogen-bond donors (Lipinski definition) is 0. The lowest BCUT2D eigenvalue weighted by Crippen LogP contribution is -2.55. The van der Waals surface area contributed by atoms with Crippen LogP contribution < -0.4 is 0 Å². The fraction of sp³-hybridized carbons (Fsp3) is 0.696. The summed E-state index contributed by atoms with van der Waals surface area (Å²) >= 11 is 1.59. The molecule has 0 saturated carbocycles. The molecule has 2 saturated heterocycles. The van der Waals surface area contributed by atoms with Gasteiger partial charge < -0.3 is 4.74 Å². The summed E-state index contributed by atoms with van der Waals surface area (Å²) in [5.74, 6) is 0. The molecule has 1 aromatic carbocycles. The number of ether oxygens (including phenoxy) is 1. The first-order chi connectivity index (χ1) is 13.4. The smallest absolute Gasteiger partial charge is 0.284 e. The fourth-order valence-electron chi connectivity index (χ4n) is 4.88. The van der Waals surface area contributed by atoms with Crippen molar-refractivity contribution in [2.75, 3.05) is 13.2 Å². The van der Waals surface area contributed by atoms with E-state index in [4.69, 9.17) is 4.74 Å². The third kappa shape index (κ3) is 5.09. The second kappa shape index (κ2) is 8.37. The van der Waals surface area contributed by atoms with E-state index in [-0.39, 0.29) is 10.8 Å². The summed E-state index contributed by atoms with van der Waals surface area (Å²) in [7, 11) is -1.58. The molecule has 2 heterocycles. The summed E-state index contributed by atoms with van der Waals surface area (Å²) in [6, 6.07) is 11.2. The van der Waals surface area contributed by atoms with Crippen LogP contribution in [0.1, 0.15) is 46.1 Å². The number of carbonyl (C=O) groups excluding carboxylic acids is 1. The lowest BCUT2D eigenvalue weighted by atomic mass is 10.1. The molecule has 1 aromatic rings. The molecule has 3 rings (SSSR count). The standard InChI is InChI=1S/C23H38N2O2SSi/c1-22(2)17-27-23(3,4)25(22)21(26)28-20(29(5,6)7)19-14-11-15-24(19)16-18-12-9-8-10-13-18/h8-10,12-13,19-20H,11,14-17H2,1-7H3/t19-,20-/m0/s1. The minimum absolute atomic E-state index is 0.177. The molecule has 162 valence electrons. The van der Waals surface area contributed by atoms with Crippen LogP contribution in [0.5, 0.6) is 0 Å². The average molecular weight is 435 g/mol. The van der Waals surface area contributed by atoms with Gasteiger partial charge in [-0.15, -0.1) is 0 Å². The van der Waals surface area contributed by atoms with Crippen LogP contribution in [0.4, 0.5) is 4.79 Å². The highest BCUT2D eigenvalue weighted by molar-refractivity contribution is 8.15. The molecule has 6 heteroatoms. The van der Waals surface area contributed by atoms with Crippen LogP contribution >= 0.6 is 11.8 Å². The topological polar surface area (TPSA) is 32.8 Å². The summed E-state index contributed by atoms with van der Waals surface area (Å²) in [4.78, 5) is 18.5. The van der Waals surface area contributed by atoms with Gasteiger partial charge in [-0.05, 0) is 52.6 Å². The van der Waals surface area contributed by atoms with E-state index in [1.807, 2.05) is 18.7 Å². The van der Waals surface area contributed by atoms with Gasteiger partial charge in [0.1, 0.15) is 5.72 Å². The van der Waals surface area contributed by atoms with Gasteiger partial charge in [-0.3, -0.25) is 14.6 Å². The molecule has 0 aromatic heterocycles. The van der Waals surface area contributed by atoms with E-state index in [2.05, 4.69) is 68.7 Å². The third-order valence-electron chi connectivity index (χ3n) is 6.18. The van der Waals surface area contributed by atoms with Crippen molar-refractivity contribution in [1.82, 2.24) is 9.80 Å². The first-order valence-electron chi connectivity index (χ1n) is 10.8. The van der Waals surface area contributed by atoms with Crippen LogP contribution in [-0.2, 0) is 11.3 Å². The van der Waals surface area contributed by atoms with E-state index in [0.29, 0.717) is 17.5 Å². The van der Waals surface area contributed by atoms with Gasteiger partial charge in [0.15, 0.2) is 0 Å². The van der Waals surface area contributed by atoms with Crippen molar-refractivity contribution in [3.05, 3.63) is 35.9 Å². The van der Waals surface area contributed by atoms with Crippen LogP contribution in [0.3, 0.4) is 0 Å². The molecule has 1 amide bonds. The average Bonchev–Trinajstić information content (AvgIpc) is 3.13. The largest absolute Gasteiger partial charge is 0.354 e. The number of nitrogens with zero attached hydrogens (tertiary/aromatic N) is 2. The zero-order valence-corrected chi connectivity index (χ0v) is 21.0. The van der Waals surface area contributed by atoms with E-state index >= 15 is 0 Å². The molecule has 0 spiro atoms. The first-order valence-corrected chi connectivity index (χ1v) is 15.3. The maximum Gasteiger partial charge on any atom is 0.284 e. The minimum Gasteiger partial charge on any atom is -0.354 e. The van der Waals surface area contributed by atoms with Crippen molar-refractivity contribution in [1.29, 1.82) is 0 Å². The second-order valence-electron chi connectivity index (χ2n) is 10.7. The summed E-state index contributed by atoms with van der Waals surface area (Å²) in [5, 5.41) is 0.177. The molecule has 0 aliphatic carbocycles. The van der Waals surface area contributed by atoms with E-state index in [9.17, 15) is 4.79 Å². The molecule has 2 atom stereocenters. The Kier molecular flexibility index (Phi) is 6.59. The lowest BCUT2D eigenvalue weighted by molar-refractivity contribution is -0.0298. The van der Waals surface area contributed by atoms with Gasteiger partial charge in [0.25, 0.3) is 5.24 Å². The van der Waals surface area contributed by atoms with Gasteiger partial charge in [-0.1, -0.05) is 61.7 Å². The predicted octanol–water partition coefficient (Wildman–Crippen LogP) is 5.60. The Hall–Kier alpha value is -0.823. The Morgan fingerprint density at radius 1 is 1.21 bits per heavy atom. The van der Waals surface area contributed by atoms with Crippen molar-refractivity contribution in [2.24, 2.45) is 0 Å². The number of thioether (sulfide) groups is 1. The fourth-order valence-corrected chi connectivity index (χ4v) is 9.38. The van der Waals surface area contributed by atoms with Crippen molar-refractivity contribution in [3.8, 4) is 0 Å². The Balaban J connectivity index is 1.80. The Morgan fingerprint density at radius 2 is 1.86 bits per heavy atom. The number of hydrogen-bond acceptors (Lipinski definition) is 4. The van der Waals surface area contributed by atoms with E-state index in [0.717, 1.165) is 13.1 Å². The second-order valence-corrected chi connectivity index (χ2v) is 17.6. The van der Waals surface area contributed by atoms with Gasteiger partial charge in [-0.25, -0.2) is 0 Å². The first kappa shape index (κ1) is 22.9. The predicted molar refractivity (Wildman–Crippen MR) is 126 cm³/mol. The molecular weight excluding hydrogens is 396 g/mol. The Morgan fingerprint density at radius 3 is 2.41 bits per heavy atom. The maximum absolute atomic E-state index is 13.6. The Labute approximate surface area is 182 Å². The Bertz CT molecular complexity index is 701. The number of rotatable bonds is 5. The van der Waals surface area contributed by atoms with Crippen molar-refractivity contribution in [3.63, 3.8) is 0 Å². The zero-order chi connectivity index (χ0) is 21.4. The molecule has 0 radical (unpaired) electrons. The van der Waals surface area contributed by atoms with Crippen LogP contribution in [0.2, 0.25) is 19.6 Å². The third-order valence-corrected chi connectivity index (χ3v) is 11.7. The summed E-state index contributed by atoms with van der Waals surface area (Å²) in [5.41, 5.74) is 0.550. The number of amides is 1. The lowest BCUT2D eigenvalue weighted by Gasteiger charge is -2.42. The van der Waals surface area contributed by atoms with Gasteiger partial charge in [0, 0.05) is 17.5 Å². The molecule has 0 unspecified atom stereocenters. The van der Waals surface area contributed by atoms with Crippen LogP contribution in [0, 0.1) is 0 Å². The van der Waals surface area contributed by atoms with Crippen LogP contribution in [0.15, 0.2) is 30.3 Å². The molecule has 2 fully saturated rings. The normalized spacial score (nSPS) is 25.3. The quantitative estimate of drug-likeness (QED) is 0.565. The highest BCUT2D eigenvalue weighted by Crippen LogP contribution is 2.41. The molecule has 2 aliphatic heterocycles. The minimum atomic E-state index is -1.58. The summed E-state index contributed by atoms with van der Waals surface area (Å²) in [6.45, 7) is 18.2. The number of benzene rings is 1. The van der Waals surface area contributed by atoms with Crippen LogP contribution in [-0.4, -0.2) is 58.4 Å². The molecule has 2 aliphatic rings. The molecular formula is C23H38N2O2SSi. The highest BCUT2D eigenvalue weighted by Gasteiger charge is 2.51. The van der Waals surface area contributed by atoms with Crippen molar-refractivity contribution in [2.45, 2.75) is 88.9 Å². The van der Waals surface area contributed by atoms with Gasteiger partial charge in [0.2, 0.25) is 0 Å². The maximum atomic E-state index is 13.6. The van der Waals surface area contributed by atoms with Crippen molar-refractivity contribution < 1.29 is 9.53 Å². The van der Waals surface area contributed by atoms with E-state index in [1.165, 1.54) is 18.4 Å². The molecule has 0 N–H and O–H groups in total. The molecule has 29 heavy (non-hydrogen) atoms. The van der Waals surface area contributed by atoms with Crippen LogP contribution in [0.25, 0.3) is 0 Å². The summed E-state index contributed by atoms with van der Waals surface area (Å²) < 4.78 is 5.97. The zero-order valence-electron chi connectivity index (χ0n) is 19.2.